The van der Waals surface area contributed by atoms with Crippen LogP contribution in [0.15, 0.2) is 24.3 Å². The van der Waals surface area contributed by atoms with Crippen LogP contribution in [0.4, 0.5) is 5.69 Å². The molecule has 0 aromatic heterocycles. The Balaban J connectivity index is 2.34. The zero-order valence-corrected chi connectivity index (χ0v) is 7.76. The summed E-state index contributed by atoms with van der Waals surface area (Å²) in [6, 6.07) is 8.47. The quantitative estimate of drug-likeness (QED) is 0.515. The van der Waals surface area contributed by atoms with Gasteiger partial charge < -0.3 is 5.32 Å². The third-order valence-electron chi connectivity index (χ3n) is 2.00. The molecule has 0 fully saturated rings. The number of fused-ring (bicyclic) bond motifs is 1. The second-order valence-corrected chi connectivity index (χ2v) is 3.91. The molecular formula is C9H10BrN. The van der Waals surface area contributed by atoms with Crippen LogP contribution < -0.4 is 5.32 Å². The first-order chi connectivity index (χ1) is 5.36. The Morgan fingerprint density at radius 3 is 3.09 bits per heavy atom. The zero-order chi connectivity index (χ0) is 7.68. The van der Waals surface area contributed by atoms with Crippen molar-refractivity contribution >= 4 is 21.6 Å². The minimum atomic E-state index is 0.456. The fourth-order valence-corrected chi connectivity index (χ4v) is 1.88. The molecular weight excluding hydrogens is 202 g/mol. The Kier molecular flexibility index (Phi) is 1.86. The Labute approximate surface area is 74.9 Å². The van der Waals surface area contributed by atoms with E-state index in [0.717, 1.165) is 0 Å². The van der Waals surface area contributed by atoms with Crippen LogP contribution in [0.3, 0.4) is 0 Å². The molecule has 1 aromatic rings. The molecule has 0 bridgehead atoms. The molecule has 0 spiro atoms. The van der Waals surface area contributed by atoms with Gasteiger partial charge in [0.05, 0.1) is 4.95 Å². The molecule has 2 rings (SSSR count). The van der Waals surface area contributed by atoms with Gasteiger partial charge in [0.1, 0.15) is 0 Å². The van der Waals surface area contributed by atoms with E-state index in [2.05, 4.69) is 45.5 Å². The van der Waals surface area contributed by atoms with Crippen molar-refractivity contribution in [3.63, 3.8) is 0 Å². The molecule has 0 amide bonds. The number of para-hydroxylation sites is 1. The van der Waals surface area contributed by atoms with Gasteiger partial charge in [-0.1, -0.05) is 34.1 Å². The summed E-state index contributed by atoms with van der Waals surface area (Å²) in [5, 5.41) is 3.38. The van der Waals surface area contributed by atoms with Gasteiger partial charge in [0.15, 0.2) is 0 Å². The van der Waals surface area contributed by atoms with Crippen LogP contribution in [0, 0.1) is 0 Å². The normalized spacial score (nSPS) is 22.1. The molecule has 2 heteroatoms. The van der Waals surface area contributed by atoms with Gasteiger partial charge in [-0.25, -0.2) is 0 Å². The van der Waals surface area contributed by atoms with Crippen molar-refractivity contribution in [2.24, 2.45) is 0 Å². The first-order valence-corrected chi connectivity index (χ1v) is 4.76. The van der Waals surface area contributed by atoms with Gasteiger partial charge in [-0.15, -0.1) is 0 Å². The number of anilines is 1. The summed E-state index contributed by atoms with van der Waals surface area (Å²) in [7, 11) is 0. The minimum Gasteiger partial charge on any atom is -0.372 e. The lowest BCUT2D eigenvalue weighted by Crippen LogP contribution is -2.18. The lowest BCUT2D eigenvalue weighted by atomic mass is 10.0. The van der Waals surface area contributed by atoms with Crippen molar-refractivity contribution in [3.8, 4) is 0 Å². The zero-order valence-electron chi connectivity index (χ0n) is 6.18. The molecule has 1 nitrogen and oxygen atoms in total. The Morgan fingerprint density at radius 2 is 2.18 bits per heavy atom. The van der Waals surface area contributed by atoms with Gasteiger partial charge in [0.25, 0.3) is 0 Å². The molecule has 1 aliphatic rings. The summed E-state index contributed by atoms with van der Waals surface area (Å²) < 4.78 is 0. The molecule has 1 heterocycles. The highest BCUT2D eigenvalue weighted by Crippen LogP contribution is 2.26. The summed E-state index contributed by atoms with van der Waals surface area (Å²) >= 11 is 3.55. The number of benzene rings is 1. The fourth-order valence-electron chi connectivity index (χ4n) is 1.40. The van der Waals surface area contributed by atoms with Crippen molar-refractivity contribution in [1.82, 2.24) is 0 Å². The second kappa shape index (κ2) is 2.86. The van der Waals surface area contributed by atoms with Crippen molar-refractivity contribution in [1.29, 1.82) is 0 Å². The summed E-state index contributed by atoms with van der Waals surface area (Å²) in [4.78, 5) is 0.456. The smallest absolute Gasteiger partial charge is 0.0821 e. The van der Waals surface area contributed by atoms with Gasteiger partial charge in [-0.2, -0.15) is 0 Å². The van der Waals surface area contributed by atoms with Gasteiger partial charge >= 0.3 is 0 Å². The molecule has 0 aliphatic carbocycles. The van der Waals surface area contributed by atoms with Crippen molar-refractivity contribution in [2.45, 2.75) is 17.8 Å². The number of rotatable bonds is 0. The van der Waals surface area contributed by atoms with Crippen LogP contribution in [0.5, 0.6) is 0 Å². The highest BCUT2D eigenvalue weighted by atomic mass is 79.9. The third-order valence-corrected chi connectivity index (χ3v) is 2.68. The lowest BCUT2D eigenvalue weighted by Gasteiger charge is -2.22. The standard InChI is InChI=1S/C9H10BrN/c10-9-6-5-7-3-1-2-4-8(7)11-9/h1-4,9,11H,5-6H2. The van der Waals surface area contributed by atoms with E-state index in [0.29, 0.717) is 4.95 Å². The Hall–Kier alpha value is -0.500. The maximum atomic E-state index is 3.55. The molecule has 11 heavy (non-hydrogen) atoms. The van der Waals surface area contributed by atoms with Gasteiger partial charge in [-0.3, -0.25) is 0 Å². The van der Waals surface area contributed by atoms with E-state index in [1.807, 2.05) is 0 Å². The number of alkyl halides is 1. The number of halogens is 1. The van der Waals surface area contributed by atoms with E-state index < -0.39 is 0 Å². The largest absolute Gasteiger partial charge is 0.372 e. The van der Waals surface area contributed by atoms with E-state index in [1.165, 1.54) is 24.1 Å². The summed E-state index contributed by atoms with van der Waals surface area (Å²) in [6.45, 7) is 0. The van der Waals surface area contributed by atoms with E-state index in [4.69, 9.17) is 0 Å². The molecule has 0 radical (unpaired) electrons. The van der Waals surface area contributed by atoms with Gasteiger partial charge in [0, 0.05) is 5.69 Å². The molecule has 1 atom stereocenters. The van der Waals surface area contributed by atoms with E-state index in [-0.39, 0.29) is 0 Å². The molecule has 1 aromatic carbocycles. The number of hydrogen-bond acceptors (Lipinski definition) is 1. The van der Waals surface area contributed by atoms with Crippen LogP contribution in [-0.4, -0.2) is 4.95 Å². The van der Waals surface area contributed by atoms with Crippen LogP contribution in [0.2, 0.25) is 0 Å². The van der Waals surface area contributed by atoms with Crippen LogP contribution in [0.25, 0.3) is 0 Å². The molecule has 1 aliphatic heterocycles. The van der Waals surface area contributed by atoms with Crippen LogP contribution in [-0.2, 0) is 6.42 Å². The highest BCUT2D eigenvalue weighted by Gasteiger charge is 2.13. The average molecular weight is 212 g/mol. The summed E-state index contributed by atoms with van der Waals surface area (Å²) in [5.41, 5.74) is 2.71. The molecule has 1 unspecified atom stereocenters. The predicted octanol–water partition coefficient (Wildman–Crippen LogP) is 2.77. The van der Waals surface area contributed by atoms with Crippen molar-refractivity contribution in [3.05, 3.63) is 29.8 Å². The average Bonchev–Trinajstić information content (AvgIpc) is 2.04. The first-order valence-electron chi connectivity index (χ1n) is 3.85. The second-order valence-electron chi connectivity index (χ2n) is 2.81. The lowest BCUT2D eigenvalue weighted by molar-refractivity contribution is 0.799. The highest BCUT2D eigenvalue weighted by molar-refractivity contribution is 9.09. The summed E-state index contributed by atoms with van der Waals surface area (Å²) in [6.07, 6.45) is 2.36. The third kappa shape index (κ3) is 1.41. The Morgan fingerprint density at radius 1 is 1.36 bits per heavy atom. The Bertz CT molecular complexity index is 259. The SMILES string of the molecule is BrC1CCc2ccccc2N1. The maximum Gasteiger partial charge on any atom is 0.0821 e. The van der Waals surface area contributed by atoms with Crippen molar-refractivity contribution < 1.29 is 0 Å². The van der Waals surface area contributed by atoms with E-state index in [1.54, 1.807) is 0 Å². The number of aryl methyl sites for hydroxylation is 1. The first kappa shape index (κ1) is 7.17. The maximum absolute atomic E-state index is 3.55. The van der Waals surface area contributed by atoms with Crippen LogP contribution >= 0.6 is 15.9 Å². The monoisotopic (exact) mass is 211 g/mol. The van der Waals surface area contributed by atoms with Crippen molar-refractivity contribution in [2.75, 3.05) is 5.32 Å². The summed E-state index contributed by atoms with van der Waals surface area (Å²) in [5.74, 6) is 0. The fraction of sp³-hybridized carbons (Fsp3) is 0.333. The molecule has 0 saturated heterocycles. The minimum absolute atomic E-state index is 0.456. The molecule has 58 valence electrons. The van der Waals surface area contributed by atoms with Gasteiger partial charge in [-0.05, 0) is 24.5 Å². The molecule has 0 saturated carbocycles. The van der Waals surface area contributed by atoms with Crippen LogP contribution in [0.1, 0.15) is 12.0 Å². The van der Waals surface area contributed by atoms with E-state index in [9.17, 15) is 0 Å². The van der Waals surface area contributed by atoms with E-state index >= 15 is 0 Å². The van der Waals surface area contributed by atoms with Gasteiger partial charge in [0.2, 0.25) is 0 Å². The predicted molar refractivity (Wildman–Crippen MR) is 51.1 cm³/mol. The topological polar surface area (TPSA) is 12.0 Å². The molecule has 1 N–H and O–H groups in total. The number of hydrogen-bond donors (Lipinski definition) is 1. The number of nitrogens with one attached hydrogen (secondary N) is 1.